The molecule has 1 aliphatic carbocycles. The Morgan fingerprint density at radius 2 is 1.59 bits per heavy atom. The van der Waals surface area contributed by atoms with Gasteiger partial charge in [-0.25, -0.2) is 0 Å². The highest BCUT2D eigenvalue weighted by Crippen LogP contribution is 2.57. The first-order valence-electron chi connectivity index (χ1n) is 11.1. The van der Waals surface area contributed by atoms with E-state index in [0.717, 1.165) is 44.9 Å². The summed E-state index contributed by atoms with van der Waals surface area (Å²) in [5, 5.41) is 3.49. The van der Waals surface area contributed by atoms with Crippen LogP contribution in [0.25, 0.3) is 0 Å². The lowest BCUT2D eigenvalue weighted by Crippen LogP contribution is -2.46. The summed E-state index contributed by atoms with van der Waals surface area (Å²) in [4.78, 5) is 29.7. The van der Waals surface area contributed by atoms with Crippen LogP contribution < -0.4 is 10.2 Å². The number of fused-ring (bicyclic) bond motifs is 5. The molecule has 32 heavy (non-hydrogen) atoms. The Balaban J connectivity index is 1.67. The molecule has 0 saturated carbocycles. The van der Waals surface area contributed by atoms with Crippen molar-refractivity contribution in [2.24, 2.45) is 0 Å². The second-order valence-electron chi connectivity index (χ2n) is 9.10. The highest BCUT2D eigenvalue weighted by atomic mass is 16.2. The number of nitrogens with one attached hydrogen (secondary N) is 1. The molecule has 158 valence electrons. The lowest BCUT2D eigenvalue weighted by molar-refractivity contribution is -0.123. The van der Waals surface area contributed by atoms with E-state index in [0.29, 0.717) is 25.0 Å². The van der Waals surface area contributed by atoms with E-state index in [2.05, 4.69) is 23.5 Å². The van der Waals surface area contributed by atoms with Crippen molar-refractivity contribution in [3.63, 3.8) is 0 Å². The average Bonchev–Trinajstić information content (AvgIpc) is 3.27. The van der Waals surface area contributed by atoms with E-state index in [4.69, 9.17) is 0 Å². The number of nitrogens with zero attached hydrogens (tertiary/aromatic N) is 1. The number of benzene rings is 3. The van der Waals surface area contributed by atoms with Gasteiger partial charge in [-0.15, -0.1) is 0 Å². The fourth-order valence-electron chi connectivity index (χ4n) is 5.63. The molecular formula is C28H24N2O2. The van der Waals surface area contributed by atoms with Crippen molar-refractivity contribution in [2.75, 3.05) is 10.2 Å². The normalized spacial score (nSPS) is 21.0. The Morgan fingerprint density at radius 3 is 2.38 bits per heavy atom. The fraction of sp³-hybridized carbons (Fsp3) is 0.214. The number of ketones is 1. The number of rotatable bonds is 2. The minimum atomic E-state index is -1.09. The Kier molecular flexibility index (Phi) is 3.97. The first-order chi connectivity index (χ1) is 15.5. The van der Waals surface area contributed by atoms with Crippen molar-refractivity contribution in [3.8, 4) is 0 Å². The molecule has 1 atom stereocenters. The topological polar surface area (TPSA) is 49.4 Å². The van der Waals surface area contributed by atoms with Gasteiger partial charge in [0.15, 0.2) is 5.78 Å². The molecule has 1 N–H and O–H groups in total. The molecule has 3 aliphatic rings. The number of hydrogen-bond acceptors (Lipinski definition) is 3. The number of allylic oxidation sites excluding steroid dienone is 1. The summed E-state index contributed by atoms with van der Waals surface area (Å²) in [7, 11) is 0. The van der Waals surface area contributed by atoms with Crippen molar-refractivity contribution in [3.05, 3.63) is 106 Å². The van der Waals surface area contributed by atoms with Crippen LogP contribution in [0.3, 0.4) is 0 Å². The smallest absolute Gasteiger partial charge is 0.247 e. The van der Waals surface area contributed by atoms with Gasteiger partial charge in [-0.2, -0.15) is 0 Å². The Bertz CT molecular complexity index is 1340. The van der Waals surface area contributed by atoms with Crippen LogP contribution in [-0.2, 0) is 21.5 Å². The van der Waals surface area contributed by atoms with Crippen LogP contribution in [0.5, 0.6) is 0 Å². The largest absolute Gasteiger partial charge is 0.358 e. The summed E-state index contributed by atoms with van der Waals surface area (Å²) in [6.07, 6.45) is 1.09. The minimum Gasteiger partial charge on any atom is -0.358 e. The van der Waals surface area contributed by atoms with Crippen molar-refractivity contribution in [1.82, 2.24) is 0 Å². The average molecular weight is 421 g/mol. The van der Waals surface area contributed by atoms with Crippen LogP contribution >= 0.6 is 0 Å². The Hall–Kier alpha value is -3.66. The number of Topliss-reactive ketones (excluding diaryl/α,β-unsaturated/α-hetero) is 1. The fourth-order valence-corrected chi connectivity index (χ4v) is 5.63. The van der Waals surface area contributed by atoms with Gasteiger partial charge in [-0.3, -0.25) is 9.59 Å². The van der Waals surface area contributed by atoms with E-state index in [1.165, 1.54) is 0 Å². The van der Waals surface area contributed by atoms with Crippen LogP contribution in [0.2, 0.25) is 0 Å². The van der Waals surface area contributed by atoms with Crippen molar-refractivity contribution < 1.29 is 9.59 Å². The van der Waals surface area contributed by atoms with E-state index < -0.39 is 5.41 Å². The van der Waals surface area contributed by atoms with E-state index in [1.807, 2.05) is 67.3 Å². The quantitative estimate of drug-likeness (QED) is 0.622. The highest BCUT2D eigenvalue weighted by molar-refractivity contribution is 6.21. The molecule has 0 radical (unpaired) electrons. The van der Waals surface area contributed by atoms with Crippen LogP contribution in [0.15, 0.2) is 78.0 Å². The van der Waals surface area contributed by atoms with Crippen molar-refractivity contribution in [1.29, 1.82) is 0 Å². The second-order valence-corrected chi connectivity index (χ2v) is 9.10. The number of carbonyl (C=O) groups is 2. The SMILES string of the molecule is Cc1ccc2c(c1)C1(C(=O)N(Cc3ccccc3)c3ccc(C)cc31)C1=C(CCC1=O)N2. The number of amides is 1. The maximum atomic E-state index is 14.5. The molecule has 4 heteroatoms. The van der Waals surface area contributed by atoms with Gasteiger partial charge in [0.1, 0.15) is 5.41 Å². The van der Waals surface area contributed by atoms with Crippen LogP contribution in [-0.4, -0.2) is 11.7 Å². The van der Waals surface area contributed by atoms with Gasteiger partial charge >= 0.3 is 0 Å². The molecule has 2 heterocycles. The third-order valence-electron chi connectivity index (χ3n) is 7.02. The molecule has 2 aliphatic heterocycles. The third kappa shape index (κ3) is 2.44. The lowest BCUT2D eigenvalue weighted by atomic mass is 9.66. The predicted octanol–water partition coefficient (Wildman–Crippen LogP) is 5.18. The maximum absolute atomic E-state index is 14.5. The minimum absolute atomic E-state index is 0.0296. The Labute approximate surface area is 187 Å². The zero-order chi connectivity index (χ0) is 22.0. The first kappa shape index (κ1) is 19.1. The van der Waals surface area contributed by atoms with E-state index in [-0.39, 0.29) is 11.7 Å². The number of anilines is 2. The number of carbonyl (C=O) groups excluding carboxylic acids is 2. The summed E-state index contributed by atoms with van der Waals surface area (Å²) < 4.78 is 0. The maximum Gasteiger partial charge on any atom is 0.247 e. The summed E-state index contributed by atoms with van der Waals surface area (Å²) in [6.45, 7) is 4.55. The van der Waals surface area contributed by atoms with Crippen LogP contribution in [0, 0.1) is 13.8 Å². The van der Waals surface area contributed by atoms with Gasteiger partial charge in [-0.1, -0.05) is 65.7 Å². The molecule has 0 aromatic heterocycles. The summed E-state index contributed by atoms with van der Waals surface area (Å²) in [5.41, 5.74) is 7.29. The summed E-state index contributed by atoms with van der Waals surface area (Å²) >= 11 is 0. The molecule has 0 fully saturated rings. The van der Waals surface area contributed by atoms with E-state index in [1.54, 1.807) is 0 Å². The molecule has 3 aromatic rings. The number of hydrogen-bond donors (Lipinski definition) is 1. The standard InChI is InChI=1S/C28H24N2O2/c1-17-8-10-22-20(14-17)28(26-23(29-22)11-13-25(26)31)21-15-18(2)9-12-24(21)30(27(28)32)16-19-6-4-3-5-7-19/h3-10,12,14-15,29H,11,13,16H2,1-2H3. The molecule has 0 saturated heterocycles. The Morgan fingerprint density at radius 1 is 0.875 bits per heavy atom. The monoisotopic (exact) mass is 420 g/mol. The molecule has 6 rings (SSSR count). The van der Waals surface area contributed by atoms with E-state index in [9.17, 15) is 9.59 Å². The lowest BCUT2D eigenvalue weighted by Gasteiger charge is -2.37. The molecule has 0 bridgehead atoms. The second kappa shape index (κ2) is 6.67. The van der Waals surface area contributed by atoms with Crippen LogP contribution in [0.4, 0.5) is 11.4 Å². The van der Waals surface area contributed by atoms with E-state index >= 15 is 0 Å². The van der Waals surface area contributed by atoms with Gasteiger partial charge in [0.2, 0.25) is 5.91 Å². The van der Waals surface area contributed by atoms with Crippen LogP contribution in [0.1, 0.15) is 40.7 Å². The van der Waals surface area contributed by atoms with Crippen molar-refractivity contribution in [2.45, 2.75) is 38.6 Å². The van der Waals surface area contributed by atoms with Gasteiger partial charge in [0.05, 0.1) is 6.54 Å². The van der Waals surface area contributed by atoms with Gasteiger partial charge in [-0.05, 0) is 38.0 Å². The molecule has 4 nitrogen and oxygen atoms in total. The molecule has 1 amide bonds. The van der Waals surface area contributed by atoms with Gasteiger partial charge < -0.3 is 10.2 Å². The first-order valence-corrected chi connectivity index (χ1v) is 11.1. The van der Waals surface area contributed by atoms with Crippen molar-refractivity contribution >= 4 is 23.1 Å². The molecular weight excluding hydrogens is 396 g/mol. The number of aryl methyl sites for hydroxylation is 2. The summed E-state index contributed by atoms with van der Waals surface area (Å²) in [6, 6.07) is 22.4. The van der Waals surface area contributed by atoms with Gasteiger partial charge in [0.25, 0.3) is 0 Å². The zero-order valence-electron chi connectivity index (χ0n) is 18.2. The highest BCUT2D eigenvalue weighted by Gasteiger charge is 2.60. The van der Waals surface area contributed by atoms with Gasteiger partial charge in [0, 0.05) is 40.2 Å². The predicted molar refractivity (Wildman–Crippen MR) is 126 cm³/mol. The zero-order valence-corrected chi connectivity index (χ0v) is 18.2. The molecule has 1 spiro atoms. The third-order valence-corrected chi connectivity index (χ3v) is 7.02. The molecule has 1 unspecified atom stereocenters. The summed E-state index contributed by atoms with van der Waals surface area (Å²) in [5.74, 6) is 0.0417. The molecule has 3 aromatic carbocycles.